The van der Waals surface area contributed by atoms with Crippen molar-refractivity contribution >= 4 is 64.2 Å². The van der Waals surface area contributed by atoms with Gasteiger partial charge in [0.05, 0.1) is 29.3 Å². The molecule has 0 bridgehead atoms. The number of rotatable bonds is 15. The molecule has 0 saturated carbocycles. The number of carboxylic acids is 1. The summed E-state index contributed by atoms with van der Waals surface area (Å²) in [5.41, 5.74) is 6.46. The zero-order valence-corrected chi connectivity index (χ0v) is 31.4. The molecule has 5 aromatic carbocycles. The number of aromatic carboxylic acids is 1. The van der Waals surface area contributed by atoms with Crippen molar-refractivity contribution in [3.05, 3.63) is 143 Å². The Kier molecular flexibility index (Phi) is 13.3. The second kappa shape index (κ2) is 18.7. The number of amides is 6. The Labute approximate surface area is 335 Å². The van der Waals surface area contributed by atoms with Crippen molar-refractivity contribution in [3.63, 3.8) is 0 Å². The van der Waals surface area contributed by atoms with E-state index in [-0.39, 0.29) is 50.6 Å². The largest absolute Gasteiger partial charge is 0.504 e. The fourth-order valence-electron chi connectivity index (χ4n) is 5.39. The standard InChI is InChI=1S/C42H37FN6O10/c1-22(2)59-36-32(20-19-31(35(36)51)40(55)46-29-17-9-26(10-18-29)42(57)58)48-38(53)24-7-15-30(16-8-24)47-41(56)33(21-34(44)50)49-39(54)25-5-13-28(14-6-25)45-37(52)23-3-11-27(43)12-4-23/h3-20,22,33,51H,21H2,1-2H3,(H2,44,50)(H,45,52)(H,46,55)(H,47,56)(H,48,53)(H,49,54)(H,57,58). The van der Waals surface area contributed by atoms with Gasteiger partial charge in [-0.15, -0.1) is 0 Å². The lowest BCUT2D eigenvalue weighted by atomic mass is 10.1. The number of hydrogen-bond donors (Lipinski definition) is 8. The molecular weight excluding hydrogens is 767 g/mol. The molecular formula is C42H37FN6O10. The average molecular weight is 805 g/mol. The zero-order chi connectivity index (χ0) is 42.8. The predicted octanol–water partition coefficient (Wildman–Crippen LogP) is 5.39. The van der Waals surface area contributed by atoms with Crippen LogP contribution in [0.5, 0.6) is 11.5 Å². The first kappa shape index (κ1) is 42.1. The summed E-state index contributed by atoms with van der Waals surface area (Å²) >= 11 is 0. The van der Waals surface area contributed by atoms with E-state index in [9.17, 15) is 43.1 Å². The highest BCUT2D eigenvalue weighted by molar-refractivity contribution is 6.10. The number of benzene rings is 5. The van der Waals surface area contributed by atoms with Crippen LogP contribution in [0.3, 0.4) is 0 Å². The molecule has 5 aromatic rings. The van der Waals surface area contributed by atoms with Crippen LogP contribution in [0.15, 0.2) is 109 Å². The summed E-state index contributed by atoms with van der Waals surface area (Å²) < 4.78 is 18.9. The third-order valence-corrected chi connectivity index (χ3v) is 8.32. The molecule has 0 aliphatic heterocycles. The van der Waals surface area contributed by atoms with Crippen LogP contribution in [0.1, 0.15) is 72.1 Å². The monoisotopic (exact) mass is 804 g/mol. The number of carboxylic acid groups (broad SMARTS) is 1. The molecule has 0 fully saturated rings. The van der Waals surface area contributed by atoms with Crippen LogP contribution in [0, 0.1) is 5.82 Å². The van der Waals surface area contributed by atoms with Gasteiger partial charge in [-0.1, -0.05) is 0 Å². The number of phenols is 1. The highest BCUT2D eigenvalue weighted by Gasteiger charge is 2.25. The number of halogens is 1. The predicted molar refractivity (Wildman–Crippen MR) is 214 cm³/mol. The van der Waals surface area contributed by atoms with E-state index in [2.05, 4.69) is 26.6 Å². The van der Waals surface area contributed by atoms with E-state index < -0.39 is 71.5 Å². The van der Waals surface area contributed by atoms with Gasteiger partial charge in [0.1, 0.15) is 11.9 Å². The van der Waals surface area contributed by atoms with Crippen molar-refractivity contribution < 1.29 is 52.9 Å². The fraction of sp³-hybridized carbons (Fsp3) is 0.119. The van der Waals surface area contributed by atoms with Crippen molar-refractivity contribution in [2.45, 2.75) is 32.4 Å². The smallest absolute Gasteiger partial charge is 0.335 e. The van der Waals surface area contributed by atoms with Gasteiger partial charge in [0.25, 0.3) is 23.6 Å². The highest BCUT2D eigenvalue weighted by atomic mass is 19.1. The molecule has 59 heavy (non-hydrogen) atoms. The third-order valence-electron chi connectivity index (χ3n) is 8.32. The maximum atomic E-state index is 13.3. The molecule has 1 unspecified atom stereocenters. The summed E-state index contributed by atoms with van der Waals surface area (Å²) in [6, 6.07) is 22.8. The molecule has 0 aliphatic carbocycles. The Morgan fingerprint density at radius 3 is 1.58 bits per heavy atom. The zero-order valence-electron chi connectivity index (χ0n) is 31.4. The summed E-state index contributed by atoms with van der Waals surface area (Å²) in [6.07, 6.45) is -1.03. The van der Waals surface area contributed by atoms with Gasteiger partial charge in [-0.05, 0) is 123 Å². The third kappa shape index (κ3) is 11.3. The minimum atomic E-state index is -1.39. The minimum absolute atomic E-state index is 0.0184. The Morgan fingerprint density at radius 1 is 0.610 bits per heavy atom. The number of ether oxygens (including phenoxy) is 1. The number of hydrogen-bond acceptors (Lipinski definition) is 9. The van der Waals surface area contributed by atoms with Gasteiger partial charge in [0.2, 0.25) is 11.8 Å². The number of phenolic OH excluding ortho intramolecular Hbond substituents is 1. The number of carbonyl (C=O) groups is 7. The topological polar surface area (TPSA) is 255 Å². The molecule has 6 amide bonds. The molecule has 0 saturated heterocycles. The molecule has 0 heterocycles. The molecule has 17 heteroatoms. The van der Waals surface area contributed by atoms with Crippen molar-refractivity contribution in [1.29, 1.82) is 0 Å². The number of nitrogens with two attached hydrogens (primary N) is 1. The van der Waals surface area contributed by atoms with Crippen LogP contribution in [0.25, 0.3) is 0 Å². The van der Waals surface area contributed by atoms with Crippen LogP contribution in [0.4, 0.5) is 27.1 Å². The number of nitrogens with one attached hydrogen (secondary N) is 5. The van der Waals surface area contributed by atoms with Gasteiger partial charge in [0.15, 0.2) is 11.5 Å². The summed E-state index contributed by atoms with van der Waals surface area (Å²) in [4.78, 5) is 87.9. The normalized spacial score (nSPS) is 11.1. The van der Waals surface area contributed by atoms with E-state index in [1.54, 1.807) is 13.8 Å². The van der Waals surface area contributed by atoms with Crippen molar-refractivity contribution in [3.8, 4) is 11.5 Å². The van der Waals surface area contributed by atoms with Crippen LogP contribution in [0.2, 0.25) is 0 Å². The Morgan fingerprint density at radius 2 is 1.07 bits per heavy atom. The summed E-state index contributed by atoms with van der Waals surface area (Å²) in [5, 5.41) is 33.0. The summed E-state index contributed by atoms with van der Waals surface area (Å²) in [5.74, 6) is -6.63. The number of anilines is 4. The van der Waals surface area contributed by atoms with E-state index >= 15 is 0 Å². The first-order chi connectivity index (χ1) is 28.1. The van der Waals surface area contributed by atoms with E-state index in [1.165, 1.54) is 97.1 Å². The summed E-state index contributed by atoms with van der Waals surface area (Å²) in [7, 11) is 0. The van der Waals surface area contributed by atoms with E-state index in [1.807, 2.05) is 0 Å². The molecule has 5 rings (SSSR count). The lowest BCUT2D eigenvalue weighted by molar-refractivity contribution is -0.123. The SMILES string of the molecule is CC(C)Oc1c(NC(=O)c2ccc(NC(=O)C(CC(N)=O)NC(=O)c3ccc(NC(=O)c4ccc(F)cc4)cc3)cc2)ccc(C(=O)Nc2ccc(C(=O)O)cc2)c1O. The van der Waals surface area contributed by atoms with Gasteiger partial charge in [-0.2, -0.15) is 0 Å². The molecule has 302 valence electrons. The molecule has 0 aliphatic rings. The van der Waals surface area contributed by atoms with Crippen molar-refractivity contribution in [2.24, 2.45) is 5.73 Å². The van der Waals surface area contributed by atoms with E-state index in [4.69, 9.17) is 15.6 Å². The van der Waals surface area contributed by atoms with Gasteiger partial charge >= 0.3 is 5.97 Å². The number of carbonyl (C=O) groups excluding carboxylic acids is 6. The molecule has 0 spiro atoms. The van der Waals surface area contributed by atoms with Crippen molar-refractivity contribution in [2.75, 3.05) is 21.3 Å². The Hall–Kier alpha value is -8.08. The number of primary amides is 1. The second-order valence-electron chi connectivity index (χ2n) is 13.1. The van der Waals surface area contributed by atoms with E-state index in [0.29, 0.717) is 5.69 Å². The first-order valence-electron chi connectivity index (χ1n) is 17.7. The quantitative estimate of drug-likeness (QED) is 0.0670. The Balaban J connectivity index is 1.22. The molecule has 16 nitrogen and oxygen atoms in total. The second-order valence-corrected chi connectivity index (χ2v) is 13.1. The molecule has 0 radical (unpaired) electrons. The molecule has 0 aromatic heterocycles. The molecule has 1 atom stereocenters. The maximum Gasteiger partial charge on any atom is 0.335 e. The van der Waals surface area contributed by atoms with Crippen molar-refractivity contribution in [1.82, 2.24) is 5.32 Å². The van der Waals surface area contributed by atoms with Crippen LogP contribution in [-0.4, -0.2) is 63.8 Å². The number of aromatic hydroxyl groups is 1. The van der Waals surface area contributed by atoms with Gasteiger partial charge in [0, 0.05) is 33.8 Å². The van der Waals surface area contributed by atoms with E-state index in [0.717, 1.165) is 12.1 Å². The fourth-order valence-corrected chi connectivity index (χ4v) is 5.39. The average Bonchev–Trinajstić information content (AvgIpc) is 3.19. The Bertz CT molecular complexity index is 2400. The van der Waals surface area contributed by atoms with Crippen LogP contribution in [-0.2, 0) is 9.59 Å². The maximum absolute atomic E-state index is 13.3. The van der Waals surface area contributed by atoms with Gasteiger partial charge in [-0.3, -0.25) is 28.8 Å². The van der Waals surface area contributed by atoms with Crippen LogP contribution >= 0.6 is 0 Å². The van der Waals surface area contributed by atoms with Gasteiger partial charge < -0.3 is 47.3 Å². The molecule has 9 N–H and O–H groups in total. The lowest BCUT2D eigenvalue weighted by Gasteiger charge is -2.19. The lowest BCUT2D eigenvalue weighted by Crippen LogP contribution is -2.46. The summed E-state index contributed by atoms with van der Waals surface area (Å²) in [6.45, 7) is 3.35. The first-order valence-corrected chi connectivity index (χ1v) is 17.7. The highest BCUT2D eigenvalue weighted by Crippen LogP contribution is 2.39. The van der Waals surface area contributed by atoms with Gasteiger partial charge in [-0.25, -0.2) is 9.18 Å². The van der Waals surface area contributed by atoms with Crippen LogP contribution < -0.4 is 37.1 Å². The minimum Gasteiger partial charge on any atom is -0.504 e.